The number of aromatic nitrogens is 3. The van der Waals surface area contributed by atoms with Gasteiger partial charge in [0.05, 0.1) is 28.0 Å². The van der Waals surface area contributed by atoms with Crippen LogP contribution in [0.1, 0.15) is 29.4 Å². The lowest BCUT2D eigenvalue weighted by atomic mass is 9.82. The van der Waals surface area contributed by atoms with Crippen LogP contribution in [0.5, 0.6) is 0 Å². The molecule has 7 rings (SSSR count). The highest BCUT2D eigenvalue weighted by Gasteiger charge is 2.28. The van der Waals surface area contributed by atoms with E-state index in [0.29, 0.717) is 11.4 Å². The summed E-state index contributed by atoms with van der Waals surface area (Å²) in [6.45, 7) is 2.12. The van der Waals surface area contributed by atoms with Gasteiger partial charge in [-0.25, -0.2) is 14.4 Å². The number of hydrogen-bond acceptors (Lipinski definition) is 5. The van der Waals surface area contributed by atoms with E-state index in [-0.39, 0.29) is 0 Å². The highest BCUT2D eigenvalue weighted by molar-refractivity contribution is 7.79. The minimum atomic E-state index is 0.341. The van der Waals surface area contributed by atoms with Crippen LogP contribution in [-0.4, -0.2) is 26.0 Å². The fourth-order valence-electron chi connectivity index (χ4n) is 5.63. The van der Waals surface area contributed by atoms with Crippen LogP contribution >= 0.6 is 12.8 Å². The molecular weight excluding hydrogens is 510 g/mol. The maximum Gasteiger partial charge on any atom is 0.114 e. The standard InChI is InChI=1S/C34H25N5S/c1-2-30-36-28-14-8-9-15-29(28)39(30)23-18-16-21(17-19-23)25-20-26-31(34(38-40)32(25)35)24-12-6-7-13-27(24)37-33(26)22-10-4-3-5-11-22/h3-20,35,40H,2H2,1H3/b35-32?,38-34-. The SMILES string of the molecule is CCc1nc2ccccc2n1-c1ccc(C2=Cc3c(-c4ccccc4)nc4ccccc4c3/C(=N/S)C2=N)cc1. The summed E-state index contributed by atoms with van der Waals surface area (Å²) in [5.74, 6) is 1.02. The highest BCUT2D eigenvalue weighted by atomic mass is 32.1. The molecule has 0 aliphatic heterocycles. The Labute approximate surface area is 237 Å². The first-order valence-electron chi connectivity index (χ1n) is 13.3. The van der Waals surface area contributed by atoms with Crippen LogP contribution in [0.15, 0.2) is 108 Å². The van der Waals surface area contributed by atoms with Gasteiger partial charge in [-0.2, -0.15) is 0 Å². The molecule has 40 heavy (non-hydrogen) atoms. The Balaban J connectivity index is 1.42. The number of allylic oxidation sites excluding steroid dienone is 1. The van der Waals surface area contributed by atoms with Crippen molar-refractivity contribution in [3.63, 3.8) is 0 Å². The maximum absolute atomic E-state index is 9.20. The molecule has 2 aromatic heterocycles. The third-order valence-corrected chi connectivity index (χ3v) is 7.69. The van der Waals surface area contributed by atoms with Crippen molar-refractivity contribution in [3.05, 3.63) is 126 Å². The first-order chi connectivity index (χ1) is 19.7. The molecular formula is C34H25N5S. The fraction of sp³-hybridized carbons (Fsp3) is 0.0588. The Hall–Kier alpha value is -4.81. The van der Waals surface area contributed by atoms with E-state index >= 15 is 0 Å². The number of aryl methyl sites for hydroxylation is 1. The smallest absolute Gasteiger partial charge is 0.114 e. The topological polar surface area (TPSA) is 66.9 Å². The van der Waals surface area contributed by atoms with E-state index < -0.39 is 0 Å². The molecule has 6 aromatic rings. The molecule has 1 N–H and O–H groups in total. The zero-order valence-electron chi connectivity index (χ0n) is 21.8. The number of rotatable bonds is 4. The average molecular weight is 536 g/mol. The summed E-state index contributed by atoms with van der Waals surface area (Å²) in [6.07, 6.45) is 2.91. The van der Waals surface area contributed by atoms with Crippen LogP contribution < -0.4 is 0 Å². The minimum Gasteiger partial charge on any atom is -0.298 e. The molecule has 0 amide bonds. The van der Waals surface area contributed by atoms with Crippen molar-refractivity contribution in [2.24, 2.45) is 4.40 Å². The molecule has 0 unspecified atom stereocenters. The summed E-state index contributed by atoms with van der Waals surface area (Å²) in [5, 5.41) is 10.2. The summed E-state index contributed by atoms with van der Waals surface area (Å²) in [5.41, 5.74) is 10.3. The number of thiol groups is 1. The van der Waals surface area contributed by atoms with Crippen molar-refractivity contribution < 1.29 is 0 Å². The quantitative estimate of drug-likeness (QED) is 0.225. The normalized spacial score (nSPS) is 14.1. The first kappa shape index (κ1) is 24.2. The minimum absolute atomic E-state index is 0.341. The molecule has 1 aliphatic rings. The molecule has 192 valence electrons. The zero-order chi connectivity index (χ0) is 27.2. The van der Waals surface area contributed by atoms with Crippen molar-refractivity contribution in [2.45, 2.75) is 13.3 Å². The first-order valence-corrected chi connectivity index (χ1v) is 13.7. The van der Waals surface area contributed by atoms with Gasteiger partial charge in [0.2, 0.25) is 0 Å². The fourth-order valence-corrected chi connectivity index (χ4v) is 5.83. The van der Waals surface area contributed by atoms with Crippen molar-refractivity contribution >= 4 is 57.8 Å². The summed E-state index contributed by atoms with van der Waals surface area (Å²) >= 11 is 4.35. The van der Waals surface area contributed by atoms with Gasteiger partial charge in [0, 0.05) is 39.8 Å². The van der Waals surface area contributed by atoms with E-state index in [1.807, 2.05) is 60.7 Å². The van der Waals surface area contributed by atoms with E-state index in [1.165, 1.54) is 0 Å². The molecule has 2 heterocycles. The Morgan fingerprint density at radius 2 is 1.48 bits per heavy atom. The van der Waals surface area contributed by atoms with Crippen LogP contribution in [0, 0.1) is 5.41 Å². The lowest BCUT2D eigenvalue weighted by Crippen LogP contribution is -2.22. The van der Waals surface area contributed by atoms with Crippen LogP contribution in [0.3, 0.4) is 0 Å². The second kappa shape index (κ2) is 9.74. The number of benzene rings is 4. The summed E-state index contributed by atoms with van der Waals surface area (Å²) < 4.78 is 6.56. The van der Waals surface area contributed by atoms with Crippen LogP contribution in [-0.2, 0) is 6.42 Å². The van der Waals surface area contributed by atoms with Gasteiger partial charge >= 0.3 is 0 Å². The molecule has 0 saturated heterocycles. The Morgan fingerprint density at radius 3 is 2.23 bits per heavy atom. The third kappa shape index (κ3) is 3.80. The summed E-state index contributed by atoms with van der Waals surface area (Å²) in [4.78, 5) is 9.90. The number of imidazole rings is 1. The third-order valence-electron chi connectivity index (χ3n) is 7.49. The molecule has 4 aromatic carbocycles. The monoisotopic (exact) mass is 535 g/mol. The van der Waals surface area contributed by atoms with Gasteiger partial charge in [-0.1, -0.05) is 79.7 Å². The molecule has 0 saturated carbocycles. The van der Waals surface area contributed by atoms with Crippen molar-refractivity contribution in [1.82, 2.24) is 14.5 Å². The van der Waals surface area contributed by atoms with Crippen LogP contribution in [0.25, 0.3) is 50.5 Å². The van der Waals surface area contributed by atoms with Crippen LogP contribution in [0.4, 0.5) is 0 Å². The van der Waals surface area contributed by atoms with E-state index in [1.54, 1.807) is 0 Å². The summed E-state index contributed by atoms with van der Waals surface area (Å²) in [7, 11) is 0. The second-order valence-corrected chi connectivity index (χ2v) is 9.97. The second-order valence-electron chi connectivity index (χ2n) is 9.77. The van der Waals surface area contributed by atoms with Gasteiger partial charge in [0.1, 0.15) is 11.5 Å². The van der Waals surface area contributed by atoms with E-state index in [4.69, 9.17) is 9.97 Å². The van der Waals surface area contributed by atoms with E-state index in [9.17, 15) is 5.41 Å². The number of pyridine rings is 1. The van der Waals surface area contributed by atoms with Crippen molar-refractivity contribution in [2.75, 3.05) is 0 Å². The lowest BCUT2D eigenvalue weighted by molar-refractivity contribution is 0.908. The Kier molecular flexibility index (Phi) is 5.90. The van der Waals surface area contributed by atoms with Crippen molar-refractivity contribution in [3.8, 4) is 16.9 Å². The van der Waals surface area contributed by atoms with Gasteiger partial charge in [-0.05, 0) is 54.8 Å². The lowest BCUT2D eigenvalue weighted by Gasteiger charge is -2.23. The molecule has 0 bridgehead atoms. The molecule has 0 radical (unpaired) electrons. The Bertz CT molecular complexity index is 2000. The number of para-hydroxylation sites is 3. The molecule has 5 nitrogen and oxygen atoms in total. The summed E-state index contributed by atoms with van der Waals surface area (Å²) in [6, 6.07) is 34.7. The molecule has 6 heteroatoms. The van der Waals surface area contributed by atoms with Gasteiger partial charge in [-0.15, -0.1) is 0 Å². The van der Waals surface area contributed by atoms with Gasteiger partial charge in [-0.3, -0.25) is 9.98 Å². The van der Waals surface area contributed by atoms with Crippen LogP contribution in [0.2, 0.25) is 0 Å². The molecule has 0 spiro atoms. The van der Waals surface area contributed by atoms with Gasteiger partial charge in [0.25, 0.3) is 0 Å². The highest BCUT2D eigenvalue weighted by Crippen LogP contribution is 2.38. The predicted molar refractivity (Wildman–Crippen MR) is 169 cm³/mol. The number of hydrogen-bond donors (Lipinski definition) is 2. The zero-order valence-corrected chi connectivity index (χ0v) is 22.7. The van der Waals surface area contributed by atoms with Gasteiger partial charge in [0.15, 0.2) is 0 Å². The predicted octanol–water partition coefficient (Wildman–Crippen LogP) is 8.01. The van der Waals surface area contributed by atoms with E-state index in [0.717, 1.165) is 73.4 Å². The number of fused-ring (bicyclic) bond motifs is 4. The maximum atomic E-state index is 9.20. The average Bonchev–Trinajstić information content (AvgIpc) is 3.40. The molecule has 1 aliphatic carbocycles. The van der Waals surface area contributed by atoms with E-state index in [2.05, 4.69) is 77.2 Å². The Morgan fingerprint density at radius 1 is 0.775 bits per heavy atom. The van der Waals surface area contributed by atoms with Crippen molar-refractivity contribution in [1.29, 1.82) is 5.41 Å². The molecule has 0 atom stereocenters. The number of nitrogens with zero attached hydrogens (tertiary/aromatic N) is 4. The number of nitrogens with one attached hydrogen (secondary N) is 1. The van der Waals surface area contributed by atoms with Gasteiger partial charge < -0.3 is 0 Å². The largest absolute Gasteiger partial charge is 0.298 e. The molecule has 0 fully saturated rings.